The van der Waals surface area contributed by atoms with Gasteiger partial charge in [-0.05, 0) is 44.2 Å². The number of fused-ring (bicyclic) bond motifs is 1. The van der Waals surface area contributed by atoms with E-state index in [1.807, 2.05) is 30.3 Å². The van der Waals surface area contributed by atoms with Crippen molar-refractivity contribution in [2.75, 3.05) is 5.73 Å². The van der Waals surface area contributed by atoms with Crippen molar-refractivity contribution in [2.24, 2.45) is 0 Å². The number of rotatable bonds is 4. The van der Waals surface area contributed by atoms with Crippen LogP contribution in [0, 0.1) is 0 Å². The number of aliphatic hydroxyl groups is 1. The number of hydrogen-bond donors (Lipinski definition) is 2. The summed E-state index contributed by atoms with van der Waals surface area (Å²) in [6, 6.07) is 9.58. The molecule has 0 fully saturated rings. The summed E-state index contributed by atoms with van der Waals surface area (Å²) >= 11 is 0. The van der Waals surface area contributed by atoms with Gasteiger partial charge in [0.1, 0.15) is 17.7 Å². The summed E-state index contributed by atoms with van der Waals surface area (Å²) in [6.45, 7) is 3.81. The molecule has 2 aromatic heterocycles. The number of imidazole rings is 1. The average molecular weight is 285 g/mol. The van der Waals surface area contributed by atoms with Crippen LogP contribution in [-0.4, -0.2) is 14.7 Å². The quantitative estimate of drug-likeness (QED) is 0.722. The third-order valence-corrected chi connectivity index (χ3v) is 3.63. The molecule has 0 saturated heterocycles. The molecule has 2 heterocycles. The minimum absolute atomic E-state index is 0.120. The van der Waals surface area contributed by atoms with Gasteiger partial charge >= 0.3 is 0 Å². The zero-order valence-corrected chi connectivity index (χ0v) is 12.2. The maximum absolute atomic E-state index is 10.0. The normalized spacial score (nSPS) is 14.4. The molecular formula is C16H19N3O2. The molecule has 0 aliphatic heterocycles. The van der Waals surface area contributed by atoms with Crippen molar-refractivity contribution < 1.29 is 9.52 Å². The van der Waals surface area contributed by atoms with Crippen molar-refractivity contribution in [2.45, 2.75) is 32.4 Å². The first-order valence-corrected chi connectivity index (χ1v) is 7.04. The van der Waals surface area contributed by atoms with Gasteiger partial charge in [0, 0.05) is 18.2 Å². The maximum Gasteiger partial charge on any atom is 0.138 e. The van der Waals surface area contributed by atoms with E-state index in [0.717, 1.165) is 23.2 Å². The molecule has 3 rings (SSSR count). The van der Waals surface area contributed by atoms with Gasteiger partial charge in [-0.15, -0.1) is 0 Å². The lowest BCUT2D eigenvalue weighted by Crippen LogP contribution is -2.13. The summed E-state index contributed by atoms with van der Waals surface area (Å²) in [4.78, 5) is 4.53. The van der Waals surface area contributed by atoms with Crippen LogP contribution in [0.2, 0.25) is 0 Å². The molecule has 0 saturated carbocycles. The predicted molar refractivity (Wildman–Crippen MR) is 81.9 cm³/mol. The Morgan fingerprint density at radius 1 is 1.33 bits per heavy atom. The predicted octanol–water partition coefficient (Wildman–Crippen LogP) is 3.07. The van der Waals surface area contributed by atoms with Gasteiger partial charge in [-0.3, -0.25) is 0 Å². The summed E-state index contributed by atoms with van der Waals surface area (Å²) in [5.74, 6) is 1.56. The summed E-state index contributed by atoms with van der Waals surface area (Å²) < 4.78 is 7.47. The van der Waals surface area contributed by atoms with Crippen LogP contribution in [0.4, 0.5) is 5.69 Å². The van der Waals surface area contributed by atoms with E-state index in [9.17, 15) is 5.11 Å². The van der Waals surface area contributed by atoms with Gasteiger partial charge in [0.15, 0.2) is 0 Å². The van der Waals surface area contributed by atoms with Gasteiger partial charge in [-0.25, -0.2) is 4.98 Å². The average Bonchev–Trinajstić information content (AvgIpc) is 3.04. The van der Waals surface area contributed by atoms with E-state index >= 15 is 0 Å². The van der Waals surface area contributed by atoms with E-state index < -0.39 is 6.10 Å². The third-order valence-electron chi connectivity index (χ3n) is 3.63. The molecule has 1 aromatic carbocycles. The van der Waals surface area contributed by atoms with Crippen LogP contribution < -0.4 is 5.73 Å². The molecule has 5 heteroatoms. The number of anilines is 1. The summed E-state index contributed by atoms with van der Waals surface area (Å²) in [5, 5.41) is 10.0. The highest BCUT2D eigenvalue weighted by Crippen LogP contribution is 2.28. The number of benzene rings is 1. The molecule has 3 N–H and O–H groups in total. The number of aliphatic hydroxyl groups excluding tert-OH is 1. The van der Waals surface area contributed by atoms with Crippen LogP contribution in [-0.2, 0) is 6.42 Å². The first-order valence-electron chi connectivity index (χ1n) is 7.04. The monoisotopic (exact) mass is 285 g/mol. The van der Waals surface area contributed by atoms with Gasteiger partial charge in [0.25, 0.3) is 0 Å². The molecule has 0 aliphatic rings. The van der Waals surface area contributed by atoms with Crippen molar-refractivity contribution in [3.63, 3.8) is 0 Å². The van der Waals surface area contributed by atoms with E-state index in [0.29, 0.717) is 11.5 Å². The third kappa shape index (κ3) is 2.52. The Morgan fingerprint density at radius 3 is 2.81 bits per heavy atom. The maximum atomic E-state index is 10.0. The number of nitrogens with zero attached hydrogens (tertiary/aromatic N) is 2. The smallest absolute Gasteiger partial charge is 0.138 e. The minimum Gasteiger partial charge on any atom is -0.469 e. The summed E-state index contributed by atoms with van der Waals surface area (Å²) in [5.41, 5.74) is 8.26. The minimum atomic E-state index is -0.641. The number of furan rings is 1. The van der Waals surface area contributed by atoms with Gasteiger partial charge in [-0.2, -0.15) is 0 Å². The summed E-state index contributed by atoms with van der Waals surface area (Å²) in [7, 11) is 0. The van der Waals surface area contributed by atoms with Crippen LogP contribution >= 0.6 is 0 Å². The Kier molecular flexibility index (Phi) is 3.43. The van der Waals surface area contributed by atoms with Crippen LogP contribution in [0.25, 0.3) is 11.0 Å². The van der Waals surface area contributed by atoms with Crippen LogP contribution in [0.3, 0.4) is 0 Å². The van der Waals surface area contributed by atoms with Gasteiger partial charge in [0.2, 0.25) is 0 Å². The van der Waals surface area contributed by atoms with Crippen LogP contribution in [0.5, 0.6) is 0 Å². The Morgan fingerprint density at radius 2 is 2.14 bits per heavy atom. The fourth-order valence-corrected chi connectivity index (χ4v) is 2.70. The Labute approximate surface area is 123 Å². The second-order valence-corrected chi connectivity index (χ2v) is 5.40. The largest absolute Gasteiger partial charge is 0.469 e. The molecular weight excluding hydrogens is 266 g/mol. The van der Waals surface area contributed by atoms with Crippen LogP contribution in [0.1, 0.15) is 37.6 Å². The number of aromatic nitrogens is 2. The fourth-order valence-electron chi connectivity index (χ4n) is 2.70. The highest BCUT2D eigenvalue weighted by Gasteiger charge is 2.20. The molecule has 0 radical (unpaired) electrons. The second-order valence-electron chi connectivity index (χ2n) is 5.40. The lowest BCUT2D eigenvalue weighted by atomic mass is 10.1. The van der Waals surface area contributed by atoms with Gasteiger partial charge in [0.05, 0.1) is 17.3 Å². The Hall–Kier alpha value is -2.27. The van der Waals surface area contributed by atoms with Crippen molar-refractivity contribution in [1.29, 1.82) is 0 Å². The second kappa shape index (κ2) is 5.26. The van der Waals surface area contributed by atoms with E-state index in [-0.39, 0.29) is 6.04 Å². The van der Waals surface area contributed by atoms with Crippen molar-refractivity contribution in [3.05, 3.63) is 48.2 Å². The van der Waals surface area contributed by atoms with E-state index in [4.69, 9.17) is 10.2 Å². The van der Waals surface area contributed by atoms with E-state index in [1.165, 1.54) is 0 Å². The van der Waals surface area contributed by atoms with E-state index in [1.54, 1.807) is 13.2 Å². The highest BCUT2D eigenvalue weighted by molar-refractivity contribution is 5.80. The fraction of sp³-hybridized carbons (Fsp3) is 0.312. The molecule has 0 bridgehead atoms. The van der Waals surface area contributed by atoms with Gasteiger partial charge < -0.3 is 19.8 Å². The number of hydrogen-bond acceptors (Lipinski definition) is 4. The molecule has 0 aliphatic carbocycles. The standard InChI is InChI=1S/C16H19N3O2/c1-10(8-13-4-3-7-21-13)19-15-6-5-12(17)9-14(15)18-16(19)11(2)20/h3-7,9-11,20H,8,17H2,1-2H3. The summed E-state index contributed by atoms with van der Waals surface area (Å²) in [6.07, 6.45) is 1.77. The van der Waals surface area contributed by atoms with Crippen molar-refractivity contribution in [1.82, 2.24) is 9.55 Å². The molecule has 110 valence electrons. The zero-order valence-electron chi connectivity index (χ0n) is 12.2. The Balaban J connectivity index is 2.08. The molecule has 0 spiro atoms. The molecule has 3 aromatic rings. The first kappa shape index (κ1) is 13.7. The molecule has 2 unspecified atom stereocenters. The Bertz CT molecular complexity index is 744. The van der Waals surface area contributed by atoms with Crippen molar-refractivity contribution in [3.8, 4) is 0 Å². The number of nitrogens with two attached hydrogens (primary N) is 1. The highest BCUT2D eigenvalue weighted by atomic mass is 16.3. The molecule has 21 heavy (non-hydrogen) atoms. The van der Waals surface area contributed by atoms with Gasteiger partial charge in [-0.1, -0.05) is 0 Å². The molecule has 2 atom stereocenters. The lowest BCUT2D eigenvalue weighted by Gasteiger charge is -2.18. The topological polar surface area (TPSA) is 77.2 Å². The van der Waals surface area contributed by atoms with Crippen LogP contribution in [0.15, 0.2) is 41.0 Å². The molecule has 5 nitrogen and oxygen atoms in total. The number of nitrogen functional groups attached to an aromatic ring is 1. The molecule has 0 amide bonds. The van der Waals surface area contributed by atoms with E-state index in [2.05, 4.69) is 16.5 Å². The van der Waals surface area contributed by atoms with Crippen molar-refractivity contribution >= 4 is 16.7 Å². The lowest BCUT2D eigenvalue weighted by molar-refractivity contribution is 0.181. The first-order chi connectivity index (χ1) is 10.1. The SMILES string of the molecule is CC(O)c1nc2cc(N)ccc2n1C(C)Cc1ccco1. The zero-order chi connectivity index (χ0) is 15.0.